The second-order valence-electron chi connectivity index (χ2n) is 9.99. The summed E-state index contributed by atoms with van der Waals surface area (Å²) in [6.07, 6.45) is 0.813. The highest BCUT2D eigenvalue weighted by atomic mass is 19.4. The van der Waals surface area contributed by atoms with Crippen LogP contribution in [-0.2, 0) is 17.4 Å². The van der Waals surface area contributed by atoms with Gasteiger partial charge in [0.05, 0.1) is 23.6 Å². The van der Waals surface area contributed by atoms with E-state index in [2.05, 4.69) is 15.1 Å². The largest absolute Gasteiger partial charge is 0.416 e. The Morgan fingerprint density at radius 1 is 1.06 bits per heavy atom. The summed E-state index contributed by atoms with van der Waals surface area (Å²) < 4.78 is 40.3. The van der Waals surface area contributed by atoms with Crippen LogP contribution in [0.1, 0.15) is 55.3 Å². The van der Waals surface area contributed by atoms with Gasteiger partial charge in [-0.3, -0.25) is 9.69 Å². The number of piperazine rings is 1. The molecule has 1 N–H and O–H groups in total. The van der Waals surface area contributed by atoms with Crippen molar-refractivity contribution in [2.24, 2.45) is 5.92 Å². The molecule has 3 atom stereocenters. The maximum atomic E-state index is 13.6. The molecule has 3 aliphatic rings. The van der Waals surface area contributed by atoms with Crippen LogP contribution in [0.2, 0.25) is 0 Å². The molecule has 0 bridgehead atoms. The Hall–Kier alpha value is -2.54. The lowest BCUT2D eigenvalue weighted by atomic mass is 9.82. The monoisotopic (exact) mass is 471 g/mol. The molecule has 1 saturated heterocycles. The van der Waals surface area contributed by atoms with Crippen LogP contribution in [0.5, 0.6) is 0 Å². The van der Waals surface area contributed by atoms with Gasteiger partial charge in [-0.15, -0.1) is 0 Å². The number of benzene rings is 2. The summed E-state index contributed by atoms with van der Waals surface area (Å²) in [4.78, 5) is 18.3. The second-order valence-corrected chi connectivity index (χ2v) is 9.99. The van der Waals surface area contributed by atoms with E-state index in [0.717, 1.165) is 30.9 Å². The molecule has 2 aromatic rings. The molecule has 2 aromatic carbocycles. The average Bonchev–Trinajstić information content (AvgIpc) is 3.38. The highest BCUT2D eigenvalue weighted by Crippen LogP contribution is 2.40. The standard InChI is InChI=1S/C27H32F3N3O/c1-18(19-7-3-2-4-8-19)31-26(34)23-16-20-15-21(27(28,29)30)11-12-24(20)33-14-13-32(17-25(23)33)22-9-5-6-10-22/h2-4,7-8,11-12,15,18,22-23,25H,5-6,9-10,13-14,16-17H2,1H3,(H,31,34). The second kappa shape index (κ2) is 9.25. The first kappa shape index (κ1) is 23.2. The number of carbonyl (C=O) groups is 1. The number of alkyl halides is 3. The van der Waals surface area contributed by atoms with Crippen LogP contribution < -0.4 is 10.2 Å². The Bertz CT molecular complexity index is 1020. The normalized spacial score (nSPS) is 24.4. The van der Waals surface area contributed by atoms with Gasteiger partial charge >= 0.3 is 6.18 Å². The van der Waals surface area contributed by atoms with E-state index in [1.807, 2.05) is 37.3 Å². The molecule has 182 valence electrons. The molecular weight excluding hydrogens is 439 g/mol. The summed E-state index contributed by atoms with van der Waals surface area (Å²) >= 11 is 0. The number of nitrogens with one attached hydrogen (secondary N) is 1. The predicted octanol–water partition coefficient (Wildman–Crippen LogP) is 5.19. The maximum absolute atomic E-state index is 13.6. The summed E-state index contributed by atoms with van der Waals surface area (Å²) in [5.41, 5.74) is 1.84. The van der Waals surface area contributed by atoms with Crippen LogP contribution in [0.4, 0.5) is 18.9 Å². The Morgan fingerprint density at radius 2 is 1.79 bits per heavy atom. The van der Waals surface area contributed by atoms with Crippen LogP contribution >= 0.6 is 0 Å². The molecule has 2 aliphatic heterocycles. The summed E-state index contributed by atoms with van der Waals surface area (Å²) in [6.45, 7) is 4.35. The minimum absolute atomic E-state index is 0.0402. The SMILES string of the molecule is CC(NC(=O)C1Cc2cc(C(F)(F)F)ccc2N2CCN(C3CCCC3)CC12)c1ccccc1. The number of nitrogens with zero attached hydrogens (tertiary/aromatic N) is 2. The lowest BCUT2D eigenvalue weighted by molar-refractivity contribution is -0.137. The first-order valence-corrected chi connectivity index (χ1v) is 12.4. The summed E-state index contributed by atoms with van der Waals surface area (Å²) in [7, 11) is 0. The lowest BCUT2D eigenvalue weighted by Gasteiger charge is -2.50. The van der Waals surface area contributed by atoms with Crippen molar-refractivity contribution in [1.29, 1.82) is 0 Å². The lowest BCUT2D eigenvalue weighted by Crippen LogP contribution is -2.62. The van der Waals surface area contributed by atoms with Crippen molar-refractivity contribution in [1.82, 2.24) is 10.2 Å². The third kappa shape index (κ3) is 4.54. The maximum Gasteiger partial charge on any atom is 0.416 e. The van der Waals surface area contributed by atoms with Gasteiger partial charge in [0.1, 0.15) is 0 Å². The summed E-state index contributed by atoms with van der Waals surface area (Å²) in [5.74, 6) is -0.478. The van der Waals surface area contributed by atoms with Gasteiger partial charge in [-0.1, -0.05) is 43.2 Å². The molecule has 0 spiro atoms. The zero-order chi connectivity index (χ0) is 23.9. The van der Waals surface area contributed by atoms with Gasteiger partial charge in [-0.25, -0.2) is 0 Å². The number of amides is 1. The van der Waals surface area contributed by atoms with Gasteiger partial charge in [-0.05, 0) is 55.5 Å². The minimum Gasteiger partial charge on any atom is -0.365 e. The van der Waals surface area contributed by atoms with Crippen LogP contribution in [-0.4, -0.2) is 42.5 Å². The van der Waals surface area contributed by atoms with E-state index in [0.29, 0.717) is 18.0 Å². The highest BCUT2D eigenvalue weighted by molar-refractivity contribution is 5.82. The minimum atomic E-state index is -4.40. The number of hydrogen-bond donors (Lipinski definition) is 1. The quantitative estimate of drug-likeness (QED) is 0.667. The molecule has 3 unspecified atom stereocenters. The van der Waals surface area contributed by atoms with E-state index < -0.39 is 17.7 Å². The zero-order valence-corrected chi connectivity index (χ0v) is 19.5. The van der Waals surface area contributed by atoms with E-state index in [1.165, 1.54) is 37.8 Å². The molecule has 5 rings (SSSR count). The molecule has 0 aromatic heterocycles. The van der Waals surface area contributed by atoms with Gasteiger partial charge in [0.25, 0.3) is 0 Å². The third-order valence-electron chi connectivity index (χ3n) is 7.91. The van der Waals surface area contributed by atoms with Gasteiger partial charge in [0, 0.05) is 31.4 Å². The van der Waals surface area contributed by atoms with E-state index in [-0.39, 0.29) is 18.0 Å². The van der Waals surface area contributed by atoms with Crippen LogP contribution in [0, 0.1) is 5.92 Å². The molecule has 7 heteroatoms. The molecule has 34 heavy (non-hydrogen) atoms. The molecule has 1 aliphatic carbocycles. The fourth-order valence-electron chi connectivity index (χ4n) is 6.07. The number of fused-ring (bicyclic) bond motifs is 3. The van der Waals surface area contributed by atoms with Crippen molar-refractivity contribution in [3.05, 3.63) is 65.2 Å². The Labute approximate surface area is 199 Å². The smallest absolute Gasteiger partial charge is 0.365 e. The number of halogens is 3. The zero-order valence-electron chi connectivity index (χ0n) is 19.5. The van der Waals surface area contributed by atoms with Crippen molar-refractivity contribution in [2.45, 2.75) is 63.3 Å². The van der Waals surface area contributed by atoms with Crippen molar-refractivity contribution in [2.75, 3.05) is 24.5 Å². The van der Waals surface area contributed by atoms with Crippen molar-refractivity contribution in [3.63, 3.8) is 0 Å². The Balaban J connectivity index is 1.43. The van der Waals surface area contributed by atoms with Crippen molar-refractivity contribution >= 4 is 11.6 Å². The fourth-order valence-corrected chi connectivity index (χ4v) is 6.07. The van der Waals surface area contributed by atoms with E-state index in [4.69, 9.17) is 0 Å². The summed E-state index contributed by atoms with van der Waals surface area (Å²) in [5, 5.41) is 3.15. The summed E-state index contributed by atoms with van der Waals surface area (Å²) in [6, 6.07) is 14.2. The molecular formula is C27H32F3N3O. The van der Waals surface area contributed by atoms with E-state index in [9.17, 15) is 18.0 Å². The topological polar surface area (TPSA) is 35.6 Å². The molecule has 0 radical (unpaired) electrons. The van der Waals surface area contributed by atoms with Gasteiger partial charge in [0.2, 0.25) is 5.91 Å². The molecule has 2 fully saturated rings. The first-order valence-electron chi connectivity index (χ1n) is 12.4. The molecule has 1 amide bonds. The predicted molar refractivity (Wildman–Crippen MR) is 127 cm³/mol. The molecule has 4 nitrogen and oxygen atoms in total. The number of carbonyl (C=O) groups excluding carboxylic acids is 1. The van der Waals surface area contributed by atoms with Gasteiger partial charge < -0.3 is 10.2 Å². The van der Waals surface area contributed by atoms with E-state index >= 15 is 0 Å². The highest BCUT2D eigenvalue weighted by Gasteiger charge is 2.44. The van der Waals surface area contributed by atoms with Crippen molar-refractivity contribution < 1.29 is 18.0 Å². The molecule has 2 heterocycles. The van der Waals surface area contributed by atoms with Crippen molar-refractivity contribution in [3.8, 4) is 0 Å². The van der Waals surface area contributed by atoms with Crippen LogP contribution in [0.15, 0.2) is 48.5 Å². The Morgan fingerprint density at radius 3 is 2.50 bits per heavy atom. The van der Waals surface area contributed by atoms with Crippen LogP contribution in [0.25, 0.3) is 0 Å². The number of rotatable bonds is 4. The number of hydrogen-bond acceptors (Lipinski definition) is 3. The Kier molecular flexibility index (Phi) is 6.32. The van der Waals surface area contributed by atoms with Crippen LogP contribution in [0.3, 0.4) is 0 Å². The van der Waals surface area contributed by atoms with Gasteiger partial charge in [0.15, 0.2) is 0 Å². The molecule has 1 saturated carbocycles. The number of anilines is 1. The first-order chi connectivity index (χ1) is 16.3. The fraction of sp³-hybridized carbons (Fsp3) is 0.519. The average molecular weight is 472 g/mol. The third-order valence-corrected chi connectivity index (χ3v) is 7.91. The van der Waals surface area contributed by atoms with E-state index in [1.54, 1.807) is 6.07 Å². The van der Waals surface area contributed by atoms with Gasteiger partial charge in [-0.2, -0.15) is 13.2 Å².